The van der Waals surface area contributed by atoms with E-state index in [0.717, 1.165) is 11.1 Å². The van der Waals surface area contributed by atoms with Crippen molar-refractivity contribution in [2.24, 2.45) is 5.73 Å². The fraction of sp³-hybridized carbons (Fsp3) is 0.214. The number of rotatable bonds is 4. The highest BCUT2D eigenvalue weighted by molar-refractivity contribution is 7.07. The fourth-order valence-corrected chi connectivity index (χ4v) is 2.43. The summed E-state index contributed by atoms with van der Waals surface area (Å²) in [6.07, 6.45) is 0. The van der Waals surface area contributed by atoms with Crippen molar-refractivity contribution in [2.45, 2.75) is 12.6 Å². The Kier molecular flexibility index (Phi) is 6.02. The molecular formula is C14H17ClN2OS. The minimum atomic E-state index is -0.588. The number of nitrogens with two attached hydrogens (primary N) is 1. The zero-order valence-corrected chi connectivity index (χ0v) is 12.3. The standard InChI is InChI=1S/C14H16N2OS.ClH/c1-16(9-11-7-8-18-10-11)14(17)13(15)12-5-3-2-4-6-12;/h2-8,10,13H,9,15H2,1H3;1H. The van der Waals surface area contributed by atoms with Crippen LogP contribution in [0, 0.1) is 0 Å². The van der Waals surface area contributed by atoms with Crippen LogP contribution in [0.2, 0.25) is 0 Å². The van der Waals surface area contributed by atoms with Crippen LogP contribution in [-0.2, 0) is 11.3 Å². The summed E-state index contributed by atoms with van der Waals surface area (Å²) in [5.74, 6) is -0.0626. The molecule has 0 spiro atoms. The smallest absolute Gasteiger partial charge is 0.244 e. The van der Waals surface area contributed by atoms with E-state index in [1.165, 1.54) is 0 Å². The molecule has 3 nitrogen and oxygen atoms in total. The van der Waals surface area contributed by atoms with Gasteiger partial charge in [0.25, 0.3) is 0 Å². The molecule has 102 valence electrons. The van der Waals surface area contributed by atoms with E-state index in [2.05, 4.69) is 0 Å². The molecule has 5 heteroatoms. The lowest BCUT2D eigenvalue weighted by Gasteiger charge is -2.21. The average Bonchev–Trinajstić information content (AvgIpc) is 2.91. The summed E-state index contributed by atoms with van der Waals surface area (Å²) in [5, 5.41) is 4.04. The van der Waals surface area contributed by atoms with E-state index < -0.39 is 6.04 Å². The van der Waals surface area contributed by atoms with Gasteiger partial charge in [0.05, 0.1) is 0 Å². The van der Waals surface area contributed by atoms with Gasteiger partial charge in [0.15, 0.2) is 0 Å². The zero-order chi connectivity index (χ0) is 13.0. The summed E-state index contributed by atoms with van der Waals surface area (Å²) in [5.41, 5.74) is 7.96. The summed E-state index contributed by atoms with van der Waals surface area (Å²) in [6.45, 7) is 0.600. The van der Waals surface area contributed by atoms with Crippen LogP contribution in [-0.4, -0.2) is 17.9 Å². The molecule has 0 bridgehead atoms. The average molecular weight is 297 g/mol. The normalized spacial score (nSPS) is 11.5. The molecule has 1 heterocycles. The van der Waals surface area contributed by atoms with Crippen molar-refractivity contribution in [3.05, 3.63) is 58.3 Å². The fourth-order valence-electron chi connectivity index (χ4n) is 1.77. The Morgan fingerprint density at radius 3 is 2.58 bits per heavy atom. The van der Waals surface area contributed by atoms with Gasteiger partial charge in [-0.2, -0.15) is 11.3 Å². The number of carbonyl (C=O) groups is 1. The molecule has 19 heavy (non-hydrogen) atoms. The van der Waals surface area contributed by atoms with Gasteiger partial charge < -0.3 is 10.6 Å². The minimum Gasteiger partial charge on any atom is -0.340 e. The van der Waals surface area contributed by atoms with E-state index in [0.29, 0.717) is 6.54 Å². The number of likely N-dealkylation sites (N-methyl/N-ethyl adjacent to an activating group) is 1. The van der Waals surface area contributed by atoms with Gasteiger partial charge in [-0.15, -0.1) is 12.4 Å². The molecule has 0 aliphatic heterocycles. The Balaban J connectivity index is 0.00000180. The number of amides is 1. The lowest BCUT2D eigenvalue weighted by Crippen LogP contribution is -2.35. The molecule has 0 fully saturated rings. The first-order chi connectivity index (χ1) is 8.68. The predicted molar refractivity (Wildman–Crippen MR) is 81.4 cm³/mol. The Hall–Kier alpha value is -1.36. The molecule has 0 saturated heterocycles. The molecule has 0 radical (unpaired) electrons. The first-order valence-corrected chi connectivity index (χ1v) is 6.69. The van der Waals surface area contributed by atoms with Gasteiger partial charge in [-0.05, 0) is 28.0 Å². The summed E-state index contributed by atoms with van der Waals surface area (Å²) in [7, 11) is 1.78. The number of nitrogens with zero attached hydrogens (tertiary/aromatic N) is 1. The largest absolute Gasteiger partial charge is 0.340 e. The van der Waals surface area contributed by atoms with Gasteiger partial charge in [-0.1, -0.05) is 30.3 Å². The molecule has 1 aromatic carbocycles. The maximum atomic E-state index is 12.2. The molecule has 1 unspecified atom stereocenters. The van der Waals surface area contributed by atoms with Crippen LogP contribution in [0.3, 0.4) is 0 Å². The lowest BCUT2D eigenvalue weighted by molar-refractivity contribution is -0.131. The zero-order valence-electron chi connectivity index (χ0n) is 10.7. The van der Waals surface area contributed by atoms with Crippen LogP contribution in [0.15, 0.2) is 47.2 Å². The van der Waals surface area contributed by atoms with Gasteiger partial charge in [0.2, 0.25) is 5.91 Å². The summed E-state index contributed by atoms with van der Waals surface area (Å²) < 4.78 is 0. The van der Waals surface area contributed by atoms with E-state index >= 15 is 0 Å². The highest BCUT2D eigenvalue weighted by atomic mass is 35.5. The van der Waals surface area contributed by atoms with Crippen molar-refractivity contribution in [2.75, 3.05) is 7.05 Å². The number of carbonyl (C=O) groups excluding carboxylic acids is 1. The van der Waals surface area contributed by atoms with Gasteiger partial charge in [0, 0.05) is 13.6 Å². The maximum absolute atomic E-state index is 12.2. The molecule has 0 aliphatic carbocycles. The predicted octanol–water partition coefficient (Wildman–Crippen LogP) is 2.83. The molecule has 2 rings (SSSR count). The summed E-state index contributed by atoms with van der Waals surface area (Å²) in [4.78, 5) is 13.8. The third-order valence-electron chi connectivity index (χ3n) is 2.80. The van der Waals surface area contributed by atoms with Crippen LogP contribution >= 0.6 is 23.7 Å². The Bertz CT molecular complexity index is 501. The van der Waals surface area contributed by atoms with Crippen LogP contribution in [0.5, 0.6) is 0 Å². The number of hydrogen-bond acceptors (Lipinski definition) is 3. The number of thiophene rings is 1. The molecular weight excluding hydrogens is 280 g/mol. The maximum Gasteiger partial charge on any atom is 0.244 e. The monoisotopic (exact) mass is 296 g/mol. The van der Waals surface area contributed by atoms with Crippen molar-refractivity contribution >= 4 is 29.7 Å². The van der Waals surface area contributed by atoms with Crippen LogP contribution in [0.25, 0.3) is 0 Å². The second kappa shape index (κ2) is 7.28. The quantitative estimate of drug-likeness (QED) is 0.943. The molecule has 2 aromatic rings. The molecule has 2 N–H and O–H groups in total. The van der Waals surface area contributed by atoms with Crippen molar-refractivity contribution in [1.82, 2.24) is 4.90 Å². The summed E-state index contributed by atoms with van der Waals surface area (Å²) >= 11 is 1.63. The van der Waals surface area contributed by atoms with Crippen molar-refractivity contribution in [3.63, 3.8) is 0 Å². The Morgan fingerprint density at radius 2 is 2.00 bits per heavy atom. The van der Waals surface area contributed by atoms with E-state index in [1.54, 1.807) is 23.3 Å². The number of hydrogen-bond donors (Lipinski definition) is 1. The first-order valence-electron chi connectivity index (χ1n) is 5.75. The van der Waals surface area contributed by atoms with Crippen LogP contribution in [0.1, 0.15) is 17.2 Å². The first kappa shape index (κ1) is 15.7. The SMILES string of the molecule is CN(Cc1ccsc1)C(=O)C(N)c1ccccc1.Cl. The third-order valence-corrected chi connectivity index (χ3v) is 3.53. The van der Waals surface area contributed by atoms with Gasteiger partial charge in [-0.25, -0.2) is 0 Å². The van der Waals surface area contributed by atoms with Crippen molar-refractivity contribution in [1.29, 1.82) is 0 Å². The van der Waals surface area contributed by atoms with Crippen LogP contribution in [0.4, 0.5) is 0 Å². The second-order valence-corrected chi connectivity index (χ2v) is 4.99. The number of halogens is 1. The van der Waals surface area contributed by atoms with E-state index in [1.807, 2.05) is 47.2 Å². The van der Waals surface area contributed by atoms with Gasteiger partial charge in [0.1, 0.15) is 6.04 Å². The highest BCUT2D eigenvalue weighted by Crippen LogP contribution is 2.14. The minimum absolute atomic E-state index is 0. The molecule has 0 saturated carbocycles. The van der Waals surface area contributed by atoms with Crippen molar-refractivity contribution < 1.29 is 4.79 Å². The Morgan fingerprint density at radius 1 is 1.32 bits per heavy atom. The number of benzene rings is 1. The highest BCUT2D eigenvalue weighted by Gasteiger charge is 2.19. The van der Waals surface area contributed by atoms with E-state index in [9.17, 15) is 4.79 Å². The molecule has 0 aliphatic rings. The summed E-state index contributed by atoms with van der Waals surface area (Å²) in [6, 6.07) is 10.9. The van der Waals surface area contributed by atoms with E-state index in [4.69, 9.17) is 5.73 Å². The van der Waals surface area contributed by atoms with E-state index in [-0.39, 0.29) is 18.3 Å². The molecule has 1 aromatic heterocycles. The molecule has 1 amide bonds. The van der Waals surface area contributed by atoms with Crippen molar-refractivity contribution in [3.8, 4) is 0 Å². The van der Waals surface area contributed by atoms with Crippen LogP contribution < -0.4 is 5.73 Å². The topological polar surface area (TPSA) is 46.3 Å². The second-order valence-electron chi connectivity index (χ2n) is 4.21. The third kappa shape index (κ3) is 4.06. The molecule has 1 atom stereocenters. The Labute approximate surface area is 123 Å². The van der Waals surface area contributed by atoms with Gasteiger partial charge >= 0.3 is 0 Å². The van der Waals surface area contributed by atoms with Gasteiger partial charge in [-0.3, -0.25) is 4.79 Å². The lowest BCUT2D eigenvalue weighted by atomic mass is 10.1.